The van der Waals surface area contributed by atoms with Crippen LogP contribution in [0.5, 0.6) is 0 Å². The highest BCUT2D eigenvalue weighted by Crippen LogP contribution is 2.51. The van der Waals surface area contributed by atoms with Gasteiger partial charge < -0.3 is 4.74 Å². The summed E-state index contributed by atoms with van der Waals surface area (Å²) in [5.41, 5.74) is 0.573. The highest BCUT2D eigenvalue weighted by molar-refractivity contribution is 7.71. The molecule has 6 heteroatoms. The number of ether oxygens (including phenoxy) is 1. The summed E-state index contributed by atoms with van der Waals surface area (Å²) in [5.74, 6) is 0. The predicted molar refractivity (Wildman–Crippen MR) is 82.5 cm³/mol. The van der Waals surface area contributed by atoms with Crippen molar-refractivity contribution in [1.82, 2.24) is 0 Å². The molecule has 0 radical (unpaired) electrons. The Kier molecular flexibility index (Phi) is 5.90. The third-order valence-corrected chi connectivity index (χ3v) is 4.45. The van der Waals surface area contributed by atoms with E-state index >= 15 is 0 Å². The summed E-state index contributed by atoms with van der Waals surface area (Å²) >= 11 is 0. The van der Waals surface area contributed by atoms with Gasteiger partial charge in [-0.15, -0.1) is 0 Å². The Balaban J connectivity index is 2.04. The van der Waals surface area contributed by atoms with Crippen LogP contribution in [0.1, 0.15) is 11.1 Å². The number of hydrogen-bond acceptors (Lipinski definition) is 5. The van der Waals surface area contributed by atoms with Gasteiger partial charge in [-0.05, 0) is 11.1 Å². The van der Waals surface area contributed by atoms with Crippen LogP contribution in [0.15, 0.2) is 60.7 Å². The first kappa shape index (κ1) is 16.4. The van der Waals surface area contributed by atoms with E-state index in [9.17, 15) is 9.36 Å². The smallest absolute Gasteiger partial charge is 0.439 e. The minimum atomic E-state index is -4.00. The van der Waals surface area contributed by atoms with Crippen LogP contribution >= 0.6 is 7.60 Å². The van der Waals surface area contributed by atoms with Crippen LogP contribution in [0.25, 0.3) is 0 Å². The van der Waals surface area contributed by atoms with E-state index in [4.69, 9.17) is 9.05 Å². The molecule has 0 aliphatic rings. The lowest BCUT2D eigenvalue weighted by molar-refractivity contribution is 0.155. The topological polar surface area (TPSA) is 61.8 Å². The van der Waals surface area contributed by atoms with Crippen molar-refractivity contribution in [2.24, 2.45) is 0 Å². The van der Waals surface area contributed by atoms with Gasteiger partial charge in [-0.1, -0.05) is 60.7 Å². The third kappa shape index (κ3) is 4.53. The summed E-state index contributed by atoms with van der Waals surface area (Å²) in [6.07, 6.45) is 0. The lowest BCUT2D eigenvalue weighted by Gasteiger charge is -2.16. The monoisotopic (exact) mass is 320 g/mol. The number of carbonyl (C=O) groups is 1. The van der Waals surface area contributed by atoms with Crippen LogP contribution in [-0.4, -0.2) is 12.8 Å². The largest absolute Gasteiger partial charge is 0.460 e. The van der Waals surface area contributed by atoms with Crippen molar-refractivity contribution in [3.8, 4) is 0 Å². The van der Waals surface area contributed by atoms with Crippen LogP contribution in [0.2, 0.25) is 0 Å². The molecule has 2 rings (SSSR count). The van der Waals surface area contributed by atoms with Crippen molar-refractivity contribution in [3.63, 3.8) is 0 Å². The van der Waals surface area contributed by atoms with Gasteiger partial charge in [-0.25, -0.2) is 9.36 Å². The van der Waals surface area contributed by atoms with E-state index in [2.05, 4.69) is 4.74 Å². The van der Waals surface area contributed by atoms with E-state index in [1.807, 2.05) is 36.4 Å². The SMILES string of the molecule is COC(=O)P(=O)(OCc1ccccc1)OCc1ccccc1. The summed E-state index contributed by atoms with van der Waals surface area (Å²) in [7, 11) is -2.86. The van der Waals surface area contributed by atoms with Gasteiger partial charge in [0.25, 0.3) is 0 Å². The third-order valence-electron chi connectivity index (χ3n) is 2.89. The zero-order valence-corrected chi connectivity index (χ0v) is 13.1. The molecule has 0 saturated carbocycles. The van der Waals surface area contributed by atoms with E-state index in [1.54, 1.807) is 24.3 Å². The minimum Gasteiger partial charge on any atom is -0.460 e. The van der Waals surface area contributed by atoms with Crippen molar-refractivity contribution >= 4 is 13.3 Å². The second-order valence-corrected chi connectivity index (χ2v) is 6.36. The average Bonchev–Trinajstić information content (AvgIpc) is 2.59. The van der Waals surface area contributed by atoms with Crippen molar-refractivity contribution in [2.75, 3.05) is 7.11 Å². The molecule has 0 fully saturated rings. The van der Waals surface area contributed by atoms with Gasteiger partial charge in [0.05, 0.1) is 20.3 Å². The van der Waals surface area contributed by atoms with Crippen LogP contribution in [0.3, 0.4) is 0 Å². The van der Waals surface area contributed by atoms with Crippen LogP contribution < -0.4 is 0 Å². The number of rotatable bonds is 7. The standard InChI is InChI=1S/C16H17O5P/c1-19-16(17)22(18,20-12-14-8-4-2-5-9-14)21-13-15-10-6-3-7-11-15/h2-11H,12-13H2,1H3. The quantitative estimate of drug-likeness (QED) is 0.708. The molecule has 0 spiro atoms. The second-order valence-electron chi connectivity index (χ2n) is 4.49. The summed E-state index contributed by atoms with van der Waals surface area (Å²) in [4.78, 5) is 11.7. The van der Waals surface area contributed by atoms with Crippen molar-refractivity contribution in [3.05, 3.63) is 71.8 Å². The first-order valence-corrected chi connectivity index (χ1v) is 8.24. The zero-order valence-electron chi connectivity index (χ0n) is 12.2. The molecule has 0 aromatic heterocycles. The Labute approximate surface area is 129 Å². The summed E-state index contributed by atoms with van der Waals surface area (Å²) < 4.78 is 27.6. The van der Waals surface area contributed by atoms with Crippen LogP contribution in [-0.2, 0) is 31.6 Å². The minimum absolute atomic E-state index is 0.00199. The normalized spacial score (nSPS) is 11.1. The summed E-state index contributed by atoms with van der Waals surface area (Å²) in [5, 5.41) is 0. The molecule has 0 N–H and O–H groups in total. The second kappa shape index (κ2) is 7.90. The fourth-order valence-corrected chi connectivity index (χ4v) is 2.87. The van der Waals surface area contributed by atoms with Gasteiger partial charge >= 0.3 is 13.3 Å². The highest BCUT2D eigenvalue weighted by atomic mass is 31.2. The molecule has 2 aromatic carbocycles. The molecule has 5 nitrogen and oxygen atoms in total. The number of methoxy groups -OCH3 is 1. The number of hydrogen-bond donors (Lipinski definition) is 0. The molecule has 0 unspecified atom stereocenters. The lowest BCUT2D eigenvalue weighted by Crippen LogP contribution is -2.07. The molecule has 0 heterocycles. The maximum atomic E-state index is 12.6. The van der Waals surface area contributed by atoms with E-state index in [0.29, 0.717) is 0 Å². The van der Waals surface area contributed by atoms with Gasteiger partial charge in [0.1, 0.15) is 0 Å². The van der Waals surface area contributed by atoms with Gasteiger partial charge in [-0.3, -0.25) is 9.05 Å². The fourth-order valence-electron chi connectivity index (χ4n) is 1.72. The van der Waals surface area contributed by atoms with Gasteiger partial charge in [0, 0.05) is 0 Å². The molecule has 0 amide bonds. The van der Waals surface area contributed by atoms with Crippen LogP contribution in [0.4, 0.5) is 4.79 Å². The average molecular weight is 320 g/mol. The molecule has 2 aromatic rings. The fraction of sp³-hybridized carbons (Fsp3) is 0.188. The van der Waals surface area contributed by atoms with E-state index < -0.39 is 13.3 Å². The summed E-state index contributed by atoms with van der Waals surface area (Å²) in [6, 6.07) is 18.2. The Bertz CT molecular complexity index is 595. The number of carbonyl (C=O) groups excluding carboxylic acids is 1. The molecule has 0 bridgehead atoms. The lowest BCUT2D eigenvalue weighted by atomic mass is 10.2. The summed E-state index contributed by atoms with van der Waals surface area (Å²) in [6.45, 7) is 0.00398. The Morgan fingerprint density at radius 1 is 0.864 bits per heavy atom. The molecular weight excluding hydrogens is 303 g/mol. The predicted octanol–water partition coefficient (Wildman–Crippen LogP) is 4.38. The molecule has 22 heavy (non-hydrogen) atoms. The van der Waals surface area contributed by atoms with Crippen molar-refractivity contribution in [1.29, 1.82) is 0 Å². The Morgan fingerprint density at radius 2 is 1.27 bits per heavy atom. The van der Waals surface area contributed by atoms with Crippen molar-refractivity contribution in [2.45, 2.75) is 13.2 Å². The maximum Gasteiger partial charge on any atom is 0.439 e. The molecule has 0 saturated heterocycles. The first-order chi connectivity index (χ1) is 10.6. The van der Waals surface area contributed by atoms with E-state index in [-0.39, 0.29) is 13.2 Å². The molecule has 0 aliphatic heterocycles. The maximum absolute atomic E-state index is 12.6. The van der Waals surface area contributed by atoms with Gasteiger partial charge in [-0.2, -0.15) is 0 Å². The van der Waals surface area contributed by atoms with Gasteiger partial charge in [0.2, 0.25) is 0 Å². The number of benzene rings is 2. The van der Waals surface area contributed by atoms with Crippen molar-refractivity contribution < 1.29 is 23.1 Å². The van der Waals surface area contributed by atoms with Crippen LogP contribution in [0, 0.1) is 0 Å². The molecular formula is C16H17O5P. The Morgan fingerprint density at radius 3 is 1.64 bits per heavy atom. The highest BCUT2D eigenvalue weighted by Gasteiger charge is 2.36. The first-order valence-electron chi connectivity index (χ1n) is 6.69. The zero-order chi connectivity index (χ0) is 15.8. The molecule has 0 aliphatic carbocycles. The van der Waals surface area contributed by atoms with E-state index in [1.165, 1.54) is 0 Å². The molecule has 116 valence electrons. The van der Waals surface area contributed by atoms with E-state index in [0.717, 1.165) is 18.2 Å². The molecule has 0 atom stereocenters. The van der Waals surface area contributed by atoms with Gasteiger partial charge in [0.15, 0.2) is 0 Å². The Hall–Kier alpha value is -1.94.